The molecule has 2 unspecified atom stereocenters. The molecule has 0 spiro atoms. The molecule has 0 saturated carbocycles. The minimum atomic E-state index is 0.189. The van der Waals surface area contributed by atoms with E-state index in [1.807, 2.05) is 12.1 Å². The third kappa shape index (κ3) is 3.86. The average molecular weight is 316 g/mol. The Kier molecular flexibility index (Phi) is 5.70. The smallest absolute Gasteiger partial charge is 0.0472 e. The first-order valence-electron chi connectivity index (χ1n) is 7.07. The Balaban J connectivity index is 2.18. The largest absolute Gasteiger partial charge is 0.329 e. The highest BCUT2D eigenvalue weighted by Gasteiger charge is 2.27. The summed E-state index contributed by atoms with van der Waals surface area (Å²) in [5, 5.41) is 1.35. The van der Waals surface area contributed by atoms with Crippen LogP contribution in [0.5, 0.6) is 0 Å². The van der Waals surface area contributed by atoms with E-state index in [-0.39, 0.29) is 6.04 Å². The van der Waals surface area contributed by atoms with Crippen LogP contribution in [0.2, 0.25) is 10.0 Å². The van der Waals surface area contributed by atoms with Crippen LogP contribution in [-0.4, -0.2) is 49.6 Å². The van der Waals surface area contributed by atoms with Crippen molar-refractivity contribution in [1.82, 2.24) is 9.80 Å². The molecule has 1 aliphatic heterocycles. The fourth-order valence-electron chi connectivity index (χ4n) is 2.95. The molecule has 0 radical (unpaired) electrons. The van der Waals surface area contributed by atoms with Gasteiger partial charge in [0.2, 0.25) is 0 Å². The Morgan fingerprint density at radius 1 is 1.30 bits per heavy atom. The van der Waals surface area contributed by atoms with Crippen LogP contribution in [0.25, 0.3) is 0 Å². The van der Waals surface area contributed by atoms with E-state index in [0.717, 1.165) is 18.7 Å². The number of halogens is 2. The number of likely N-dealkylation sites (tertiary alicyclic amines) is 1. The predicted octanol–water partition coefficient (Wildman–Crippen LogP) is 3.02. The first-order chi connectivity index (χ1) is 9.51. The van der Waals surface area contributed by atoms with Gasteiger partial charge in [-0.25, -0.2) is 0 Å². The summed E-state index contributed by atoms with van der Waals surface area (Å²) >= 11 is 12.2. The first-order valence-corrected chi connectivity index (χ1v) is 7.83. The van der Waals surface area contributed by atoms with Gasteiger partial charge in [0, 0.05) is 35.2 Å². The summed E-state index contributed by atoms with van der Waals surface area (Å²) in [5.41, 5.74) is 7.13. The summed E-state index contributed by atoms with van der Waals surface area (Å²) in [5.74, 6) is 0. The molecule has 112 valence electrons. The first kappa shape index (κ1) is 16.1. The van der Waals surface area contributed by atoms with Crippen molar-refractivity contribution in [3.63, 3.8) is 0 Å². The zero-order valence-corrected chi connectivity index (χ0v) is 13.7. The molecule has 0 bridgehead atoms. The summed E-state index contributed by atoms with van der Waals surface area (Å²) in [6.07, 6.45) is 2.45. The van der Waals surface area contributed by atoms with Crippen molar-refractivity contribution in [2.45, 2.75) is 24.9 Å². The molecule has 2 rings (SSSR count). The molecule has 5 heteroatoms. The maximum atomic E-state index is 6.12. The Morgan fingerprint density at radius 3 is 2.50 bits per heavy atom. The molecule has 1 aromatic carbocycles. The van der Waals surface area contributed by atoms with E-state index >= 15 is 0 Å². The summed E-state index contributed by atoms with van der Waals surface area (Å²) in [6, 6.07) is 6.49. The van der Waals surface area contributed by atoms with E-state index in [4.69, 9.17) is 28.9 Å². The lowest BCUT2D eigenvalue weighted by Gasteiger charge is -2.40. The normalized spacial score (nSPS) is 22.2. The molecule has 1 aliphatic rings. The SMILES string of the molecule is CN(C)C1CCCN(C(CN)c2cc(Cl)cc(Cl)c2)C1. The minimum absolute atomic E-state index is 0.189. The van der Waals surface area contributed by atoms with Crippen LogP contribution in [0, 0.1) is 0 Å². The number of likely N-dealkylation sites (N-methyl/N-ethyl adjacent to an activating group) is 1. The van der Waals surface area contributed by atoms with Gasteiger partial charge in [0.15, 0.2) is 0 Å². The van der Waals surface area contributed by atoms with Crippen LogP contribution in [0.3, 0.4) is 0 Å². The molecule has 20 heavy (non-hydrogen) atoms. The molecular formula is C15H23Cl2N3. The van der Waals surface area contributed by atoms with E-state index in [1.54, 1.807) is 6.07 Å². The van der Waals surface area contributed by atoms with Crippen molar-refractivity contribution < 1.29 is 0 Å². The van der Waals surface area contributed by atoms with Crippen molar-refractivity contribution in [2.24, 2.45) is 5.73 Å². The van der Waals surface area contributed by atoms with Crippen molar-refractivity contribution in [3.05, 3.63) is 33.8 Å². The number of benzene rings is 1. The highest BCUT2D eigenvalue weighted by Crippen LogP contribution is 2.29. The number of hydrogen-bond donors (Lipinski definition) is 1. The van der Waals surface area contributed by atoms with Gasteiger partial charge in [0.25, 0.3) is 0 Å². The van der Waals surface area contributed by atoms with Crippen molar-refractivity contribution in [1.29, 1.82) is 0 Å². The molecule has 1 heterocycles. The van der Waals surface area contributed by atoms with E-state index in [1.165, 1.54) is 12.8 Å². The lowest BCUT2D eigenvalue weighted by molar-refractivity contribution is 0.0984. The lowest BCUT2D eigenvalue weighted by Crippen LogP contribution is -2.47. The Bertz CT molecular complexity index is 430. The summed E-state index contributed by atoms with van der Waals surface area (Å²) in [4.78, 5) is 4.75. The van der Waals surface area contributed by atoms with E-state index in [9.17, 15) is 0 Å². The molecule has 0 amide bonds. The Labute approximate surface area is 131 Å². The molecule has 1 saturated heterocycles. The standard InChI is InChI=1S/C15H23Cl2N3/c1-19(2)14-4-3-5-20(10-14)15(9-18)11-6-12(16)8-13(17)7-11/h6-8,14-15H,3-5,9-10,18H2,1-2H3. The quantitative estimate of drug-likeness (QED) is 0.927. The summed E-state index contributed by atoms with van der Waals surface area (Å²) < 4.78 is 0. The highest BCUT2D eigenvalue weighted by atomic mass is 35.5. The zero-order valence-electron chi connectivity index (χ0n) is 12.1. The number of rotatable bonds is 4. The topological polar surface area (TPSA) is 32.5 Å². The Morgan fingerprint density at radius 2 is 1.95 bits per heavy atom. The fraction of sp³-hybridized carbons (Fsp3) is 0.600. The number of nitrogens with zero attached hydrogens (tertiary/aromatic N) is 2. The third-order valence-electron chi connectivity index (χ3n) is 4.09. The molecule has 2 atom stereocenters. The van der Waals surface area contributed by atoms with E-state index in [2.05, 4.69) is 23.9 Å². The summed E-state index contributed by atoms with van der Waals surface area (Å²) in [6.45, 7) is 2.70. The maximum absolute atomic E-state index is 6.12. The molecular weight excluding hydrogens is 293 g/mol. The van der Waals surface area contributed by atoms with Gasteiger partial charge >= 0.3 is 0 Å². The summed E-state index contributed by atoms with van der Waals surface area (Å²) in [7, 11) is 4.28. The lowest BCUT2D eigenvalue weighted by atomic mass is 9.99. The van der Waals surface area contributed by atoms with Gasteiger partial charge in [0.1, 0.15) is 0 Å². The highest BCUT2D eigenvalue weighted by molar-refractivity contribution is 6.34. The van der Waals surface area contributed by atoms with Crippen molar-refractivity contribution in [2.75, 3.05) is 33.7 Å². The van der Waals surface area contributed by atoms with Crippen LogP contribution in [0.4, 0.5) is 0 Å². The fourth-order valence-corrected chi connectivity index (χ4v) is 3.49. The molecule has 2 N–H and O–H groups in total. The van der Waals surface area contributed by atoms with Gasteiger partial charge in [0.05, 0.1) is 0 Å². The van der Waals surface area contributed by atoms with E-state index in [0.29, 0.717) is 22.6 Å². The van der Waals surface area contributed by atoms with Crippen molar-refractivity contribution in [3.8, 4) is 0 Å². The van der Waals surface area contributed by atoms with Gasteiger partial charge < -0.3 is 10.6 Å². The van der Waals surface area contributed by atoms with Crippen LogP contribution >= 0.6 is 23.2 Å². The second-order valence-corrected chi connectivity index (χ2v) is 6.58. The predicted molar refractivity (Wildman–Crippen MR) is 86.5 cm³/mol. The van der Waals surface area contributed by atoms with Crippen LogP contribution in [-0.2, 0) is 0 Å². The average Bonchev–Trinajstić information content (AvgIpc) is 2.39. The second-order valence-electron chi connectivity index (χ2n) is 5.71. The number of nitrogens with two attached hydrogens (primary N) is 1. The van der Waals surface area contributed by atoms with Gasteiger partial charge in [-0.3, -0.25) is 4.90 Å². The monoisotopic (exact) mass is 315 g/mol. The van der Waals surface area contributed by atoms with Gasteiger partial charge in [-0.2, -0.15) is 0 Å². The maximum Gasteiger partial charge on any atom is 0.0472 e. The molecule has 0 aromatic heterocycles. The molecule has 1 fully saturated rings. The molecule has 3 nitrogen and oxygen atoms in total. The molecule has 1 aromatic rings. The van der Waals surface area contributed by atoms with Crippen LogP contribution < -0.4 is 5.73 Å². The third-order valence-corrected chi connectivity index (χ3v) is 4.53. The number of piperidine rings is 1. The minimum Gasteiger partial charge on any atom is -0.329 e. The number of hydrogen-bond acceptors (Lipinski definition) is 3. The van der Waals surface area contributed by atoms with Crippen LogP contribution in [0.15, 0.2) is 18.2 Å². The van der Waals surface area contributed by atoms with E-state index < -0.39 is 0 Å². The molecule has 0 aliphatic carbocycles. The second kappa shape index (κ2) is 7.10. The Hall–Kier alpha value is -0.320. The van der Waals surface area contributed by atoms with Crippen molar-refractivity contribution >= 4 is 23.2 Å². The zero-order chi connectivity index (χ0) is 14.7. The van der Waals surface area contributed by atoms with Crippen LogP contribution in [0.1, 0.15) is 24.4 Å². The van der Waals surface area contributed by atoms with Gasteiger partial charge in [-0.05, 0) is 57.2 Å². The van der Waals surface area contributed by atoms with Gasteiger partial charge in [-0.1, -0.05) is 23.2 Å². The van der Waals surface area contributed by atoms with Gasteiger partial charge in [-0.15, -0.1) is 0 Å².